The van der Waals surface area contributed by atoms with Crippen LogP contribution in [0.4, 0.5) is 0 Å². The molecule has 26 heavy (non-hydrogen) atoms. The van der Waals surface area contributed by atoms with Gasteiger partial charge in [0.2, 0.25) is 11.8 Å². The molecule has 2 bridgehead atoms. The van der Waals surface area contributed by atoms with Crippen LogP contribution in [-0.4, -0.2) is 45.6 Å². The number of hydrogen-bond acceptors (Lipinski definition) is 4. The number of carbonyl (C=O) groups excluding carboxylic acids is 2. The zero-order valence-corrected chi connectivity index (χ0v) is 15.3. The van der Waals surface area contributed by atoms with Gasteiger partial charge in [-0.05, 0) is 26.0 Å². The van der Waals surface area contributed by atoms with Gasteiger partial charge >= 0.3 is 0 Å². The fraction of sp³-hybridized carbons (Fsp3) is 0.526. The molecule has 0 aliphatic carbocycles. The van der Waals surface area contributed by atoms with E-state index in [0.717, 1.165) is 0 Å². The van der Waals surface area contributed by atoms with Crippen LogP contribution in [0.15, 0.2) is 23.0 Å². The molecule has 3 heterocycles. The first-order valence-electron chi connectivity index (χ1n) is 9.00. The van der Waals surface area contributed by atoms with Gasteiger partial charge in [-0.3, -0.25) is 14.4 Å². The first kappa shape index (κ1) is 18.4. The molecule has 1 saturated heterocycles. The van der Waals surface area contributed by atoms with Gasteiger partial charge in [-0.15, -0.1) is 0 Å². The maximum Gasteiger partial charge on any atom is 0.258 e. The maximum absolute atomic E-state index is 12.8. The summed E-state index contributed by atoms with van der Waals surface area (Å²) in [5, 5.41) is 12.8. The lowest BCUT2D eigenvalue weighted by atomic mass is 9.86. The summed E-state index contributed by atoms with van der Waals surface area (Å²) in [6.07, 6.45) is 3.55. The second kappa shape index (κ2) is 7.07. The number of nitrogens with zero attached hydrogens (tertiary/aromatic N) is 2. The predicted molar refractivity (Wildman–Crippen MR) is 97.2 cm³/mol. The Labute approximate surface area is 152 Å². The molecule has 1 aromatic heterocycles. The highest BCUT2D eigenvalue weighted by atomic mass is 16.3. The van der Waals surface area contributed by atoms with Crippen molar-refractivity contribution >= 4 is 17.9 Å². The van der Waals surface area contributed by atoms with Crippen molar-refractivity contribution in [2.75, 3.05) is 13.2 Å². The largest absolute Gasteiger partial charge is 0.396 e. The van der Waals surface area contributed by atoms with Gasteiger partial charge in [-0.25, -0.2) is 0 Å². The Kier molecular flexibility index (Phi) is 5.00. The van der Waals surface area contributed by atoms with Crippen LogP contribution in [0.3, 0.4) is 0 Å². The van der Waals surface area contributed by atoms with Crippen LogP contribution in [0.1, 0.15) is 38.1 Å². The van der Waals surface area contributed by atoms with Crippen molar-refractivity contribution in [3.05, 3.63) is 39.8 Å². The number of aliphatic hydroxyl groups is 1. The number of nitrogens with one attached hydrogen (secondary N) is 1. The topological polar surface area (TPSA) is 91.6 Å². The zero-order chi connectivity index (χ0) is 19.0. The number of amides is 2. The van der Waals surface area contributed by atoms with E-state index in [2.05, 4.69) is 5.32 Å². The number of fused-ring (bicyclic) bond motifs is 4. The summed E-state index contributed by atoms with van der Waals surface area (Å²) in [4.78, 5) is 39.6. The number of aromatic nitrogens is 1. The van der Waals surface area contributed by atoms with Gasteiger partial charge in [-0.2, -0.15) is 0 Å². The Morgan fingerprint density at radius 2 is 2.12 bits per heavy atom. The molecule has 1 fully saturated rings. The fourth-order valence-corrected chi connectivity index (χ4v) is 4.45. The number of rotatable bonds is 4. The molecule has 0 aromatic carbocycles. The summed E-state index contributed by atoms with van der Waals surface area (Å²) < 4.78 is 1.66. The van der Waals surface area contributed by atoms with E-state index < -0.39 is 17.9 Å². The van der Waals surface area contributed by atoms with Crippen molar-refractivity contribution in [2.45, 2.75) is 39.4 Å². The molecule has 7 heteroatoms. The molecule has 0 saturated carbocycles. The van der Waals surface area contributed by atoms with Gasteiger partial charge in [0.25, 0.3) is 5.56 Å². The van der Waals surface area contributed by atoms with Crippen LogP contribution in [-0.2, 0) is 16.1 Å². The molecule has 0 unspecified atom stereocenters. The Morgan fingerprint density at radius 1 is 1.38 bits per heavy atom. The SMILES string of the molecule is C/C=C/c1ccc2n(c1=O)C[C@H]1[C@H](CO)[C@@H](C(=O)NCC)[C@@H]2N1C(C)=O. The molecule has 7 nitrogen and oxygen atoms in total. The van der Waals surface area contributed by atoms with E-state index in [4.69, 9.17) is 0 Å². The number of hydrogen-bond donors (Lipinski definition) is 2. The third-order valence-corrected chi connectivity index (χ3v) is 5.44. The van der Waals surface area contributed by atoms with Crippen molar-refractivity contribution in [1.29, 1.82) is 0 Å². The fourth-order valence-electron chi connectivity index (χ4n) is 4.45. The Bertz CT molecular complexity index is 813. The minimum atomic E-state index is -0.574. The minimum Gasteiger partial charge on any atom is -0.396 e. The lowest BCUT2D eigenvalue weighted by Gasteiger charge is -2.37. The monoisotopic (exact) mass is 359 g/mol. The summed E-state index contributed by atoms with van der Waals surface area (Å²) >= 11 is 0. The highest BCUT2D eigenvalue weighted by molar-refractivity contribution is 5.83. The first-order valence-corrected chi connectivity index (χ1v) is 9.00. The van der Waals surface area contributed by atoms with Gasteiger partial charge in [0.1, 0.15) is 0 Å². The van der Waals surface area contributed by atoms with Gasteiger partial charge < -0.3 is 19.9 Å². The predicted octanol–water partition coefficient (Wildman–Crippen LogP) is 0.528. The average Bonchev–Trinajstić information content (AvgIpc) is 2.85. The van der Waals surface area contributed by atoms with Gasteiger partial charge in [-0.1, -0.05) is 12.2 Å². The summed E-state index contributed by atoms with van der Waals surface area (Å²) in [6.45, 7) is 5.69. The van der Waals surface area contributed by atoms with Crippen molar-refractivity contribution in [3.63, 3.8) is 0 Å². The summed E-state index contributed by atoms with van der Waals surface area (Å²) in [5.41, 5.74) is 1.09. The molecule has 2 aliphatic heterocycles. The van der Waals surface area contributed by atoms with Crippen molar-refractivity contribution in [1.82, 2.24) is 14.8 Å². The molecular weight excluding hydrogens is 334 g/mol. The molecule has 0 spiro atoms. The third kappa shape index (κ3) is 2.67. The highest BCUT2D eigenvalue weighted by Gasteiger charge is 2.56. The highest BCUT2D eigenvalue weighted by Crippen LogP contribution is 2.48. The van der Waals surface area contributed by atoms with Gasteiger partial charge in [0, 0.05) is 43.8 Å². The Balaban J connectivity index is 2.18. The molecule has 0 radical (unpaired) electrons. The zero-order valence-electron chi connectivity index (χ0n) is 15.3. The second-order valence-corrected chi connectivity index (χ2v) is 6.83. The van der Waals surface area contributed by atoms with E-state index >= 15 is 0 Å². The standard InChI is InChI=1S/C19H25N3O4/c1-4-6-12-7-8-14-17-16(18(25)20-5-2)13(10-23)15(22(17)11(3)24)9-21(14)19(12)26/h4,6-8,13,15-17,23H,5,9-10H2,1-3H3,(H,20,25)/b6-4+/t13-,15-,16+,17+/m0/s1. The van der Waals surface area contributed by atoms with Gasteiger partial charge in [0.05, 0.1) is 18.0 Å². The van der Waals surface area contributed by atoms with E-state index in [-0.39, 0.29) is 36.6 Å². The van der Waals surface area contributed by atoms with Gasteiger partial charge in [0.15, 0.2) is 0 Å². The molecule has 2 aliphatic rings. The Morgan fingerprint density at radius 3 is 2.69 bits per heavy atom. The quantitative estimate of drug-likeness (QED) is 0.820. The molecule has 140 valence electrons. The lowest BCUT2D eigenvalue weighted by molar-refractivity contribution is -0.134. The van der Waals surface area contributed by atoms with Crippen LogP contribution >= 0.6 is 0 Å². The summed E-state index contributed by atoms with van der Waals surface area (Å²) in [5.74, 6) is -1.32. The van der Waals surface area contributed by atoms with Crippen LogP contribution in [0.5, 0.6) is 0 Å². The van der Waals surface area contributed by atoms with Crippen LogP contribution in [0.2, 0.25) is 0 Å². The summed E-state index contributed by atoms with van der Waals surface area (Å²) in [6, 6.07) is 2.64. The van der Waals surface area contributed by atoms with E-state index in [0.29, 0.717) is 17.8 Å². The average molecular weight is 359 g/mol. The first-order chi connectivity index (χ1) is 12.5. The number of aliphatic hydroxyl groups excluding tert-OH is 1. The van der Waals surface area contributed by atoms with Crippen molar-refractivity contribution in [3.8, 4) is 0 Å². The second-order valence-electron chi connectivity index (χ2n) is 6.83. The molecule has 2 amide bonds. The van der Waals surface area contributed by atoms with Crippen LogP contribution in [0.25, 0.3) is 6.08 Å². The maximum atomic E-state index is 12.8. The number of allylic oxidation sites excluding steroid dienone is 1. The molecule has 3 rings (SSSR count). The lowest BCUT2D eigenvalue weighted by Crippen LogP contribution is -2.48. The minimum absolute atomic E-state index is 0.132. The van der Waals surface area contributed by atoms with Crippen molar-refractivity contribution < 1.29 is 14.7 Å². The number of carbonyl (C=O) groups is 2. The number of pyridine rings is 1. The van der Waals surface area contributed by atoms with E-state index in [1.165, 1.54) is 6.92 Å². The van der Waals surface area contributed by atoms with Crippen molar-refractivity contribution in [2.24, 2.45) is 11.8 Å². The van der Waals surface area contributed by atoms with E-state index in [9.17, 15) is 19.5 Å². The molecule has 1 aromatic rings. The summed E-state index contributed by atoms with van der Waals surface area (Å²) in [7, 11) is 0. The molecule has 2 N–H and O–H groups in total. The van der Waals surface area contributed by atoms with Crippen LogP contribution < -0.4 is 10.9 Å². The van der Waals surface area contributed by atoms with Crippen LogP contribution in [0, 0.1) is 11.8 Å². The Hall–Kier alpha value is -2.41. The normalized spacial score (nSPS) is 26.8. The van der Waals surface area contributed by atoms with E-state index in [1.807, 2.05) is 19.9 Å². The van der Waals surface area contributed by atoms with E-state index in [1.54, 1.807) is 27.7 Å². The molecular formula is C19H25N3O4. The smallest absolute Gasteiger partial charge is 0.258 e. The third-order valence-electron chi connectivity index (χ3n) is 5.44. The molecule has 4 atom stereocenters.